The second-order valence-electron chi connectivity index (χ2n) is 8.82. The molecule has 2 atom stereocenters. The van der Waals surface area contributed by atoms with Crippen molar-refractivity contribution >= 4 is 40.4 Å². The number of pyridine rings is 1. The maximum Gasteiger partial charge on any atom is 0.414 e. The second kappa shape index (κ2) is 7.18. The van der Waals surface area contributed by atoms with Gasteiger partial charge in [0.05, 0.1) is 39.2 Å². The minimum Gasteiger partial charge on any atom is -0.443 e. The summed E-state index contributed by atoms with van der Waals surface area (Å²) in [6.07, 6.45) is 1.06. The predicted octanol–water partition coefficient (Wildman–Crippen LogP) is 4.40. The van der Waals surface area contributed by atoms with Gasteiger partial charge in [-0.15, -0.1) is 0 Å². The lowest BCUT2D eigenvalue weighted by Gasteiger charge is -2.31. The van der Waals surface area contributed by atoms with Crippen molar-refractivity contribution in [2.24, 2.45) is 0 Å². The second-order valence-corrected chi connectivity index (χ2v) is 11.1. The molecule has 1 N–H and O–H groups in total. The number of hydrogen-bond donors (Lipinski definition) is 1. The fourth-order valence-corrected chi connectivity index (χ4v) is 3.90. The van der Waals surface area contributed by atoms with Gasteiger partial charge in [0.2, 0.25) is 0 Å². The average molecular weight is 414 g/mol. The van der Waals surface area contributed by atoms with Crippen LogP contribution in [0.15, 0.2) is 12.6 Å². The van der Waals surface area contributed by atoms with E-state index < -0.39 is 33.0 Å². The lowest BCUT2D eigenvalue weighted by molar-refractivity contribution is 0.0578. The number of halogens is 1. The summed E-state index contributed by atoms with van der Waals surface area (Å²) in [6, 6.07) is 1.81. The molecule has 0 aliphatic carbocycles. The Labute approximate surface area is 168 Å². The molecular weight excluding hydrogens is 386 g/mol. The summed E-state index contributed by atoms with van der Waals surface area (Å²) in [5.41, 5.74) is 0.353. The molecule has 1 aromatic heterocycles. The number of nitrogens with zero attached hydrogens (tertiary/aromatic N) is 2. The third kappa shape index (κ3) is 4.70. The zero-order valence-electron chi connectivity index (χ0n) is 17.0. The maximum absolute atomic E-state index is 12.8. The Kier molecular flexibility index (Phi) is 5.82. The van der Waals surface area contributed by atoms with Gasteiger partial charge < -0.3 is 4.74 Å². The van der Waals surface area contributed by atoms with Crippen molar-refractivity contribution in [3.63, 3.8) is 0 Å². The van der Waals surface area contributed by atoms with Gasteiger partial charge in [-0.3, -0.25) is 4.90 Å². The van der Waals surface area contributed by atoms with E-state index in [1.807, 2.05) is 33.8 Å². The number of nitrogens with one attached hydrogen (secondary N) is 1. The third-order valence-corrected chi connectivity index (χ3v) is 6.02. The van der Waals surface area contributed by atoms with E-state index in [0.29, 0.717) is 11.4 Å². The van der Waals surface area contributed by atoms with Crippen molar-refractivity contribution in [2.45, 2.75) is 64.4 Å². The van der Waals surface area contributed by atoms with Gasteiger partial charge in [-0.1, -0.05) is 18.2 Å². The average Bonchev–Trinajstić information content (AvgIpc) is 2.78. The molecule has 1 aliphatic heterocycles. The molecule has 0 saturated heterocycles. The molecule has 27 heavy (non-hydrogen) atoms. The van der Waals surface area contributed by atoms with Gasteiger partial charge in [0.1, 0.15) is 5.60 Å². The molecule has 1 amide bonds. The normalized spacial score (nSPS) is 21.0. The number of aromatic nitrogens is 1. The van der Waals surface area contributed by atoms with Crippen LogP contribution in [-0.2, 0) is 21.3 Å². The zero-order valence-corrected chi connectivity index (χ0v) is 18.5. The van der Waals surface area contributed by atoms with Crippen molar-refractivity contribution < 1.29 is 13.7 Å². The Morgan fingerprint density at radius 2 is 2.00 bits per heavy atom. The quantitative estimate of drug-likeness (QED) is 0.745. The van der Waals surface area contributed by atoms with Crippen molar-refractivity contribution in [3.05, 3.63) is 29.1 Å². The Morgan fingerprint density at radius 3 is 2.48 bits per heavy atom. The van der Waals surface area contributed by atoms with Crippen molar-refractivity contribution in [3.8, 4) is 0 Å². The molecule has 1 aliphatic rings. The number of carbonyl (C=O) groups is 1. The van der Waals surface area contributed by atoms with Crippen LogP contribution >= 0.6 is 11.6 Å². The van der Waals surface area contributed by atoms with E-state index in [0.717, 1.165) is 5.56 Å². The summed E-state index contributed by atoms with van der Waals surface area (Å²) in [6.45, 7) is 16.9. The van der Waals surface area contributed by atoms with Gasteiger partial charge in [-0.05, 0) is 60.6 Å². The predicted molar refractivity (Wildman–Crippen MR) is 111 cm³/mol. The standard InChI is InChI=1S/C19H28ClN3O3S/c1-9-12-10-13-14(15(20)21-12)23(16(24)26-17(2,3)4)11-19(13,8)22-27(25)18(5,6)7/h9-10,22H,1,11H2,2-8H3/t19-,27?/m1/s1. The summed E-state index contributed by atoms with van der Waals surface area (Å²) >= 11 is 6.41. The van der Waals surface area contributed by atoms with Crippen LogP contribution in [0.25, 0.3) is 6.08 Å². The molecule has 0 spiro atoms. The van der Waals surface area contributed by atoms with Crippen LogP contribution in [0.5, 0.6) is 0 Å². The van der Waals surface area contributed by atoms with Crippen LogP contribution in [0.1, 0.15) is 59.7 Å². The highest BCUT2D eigenvalue weighted by molar-refractivity contribution is 7.84. The molecule has 0 fully saturated rings. The van der Waals surface area contributed by atoms with Crippen LogP contribution in [0.3, 0.4) is 0 Å². The topological polar surface area (TPSA) is 71.5 Å². The number of carbonyl (C=O) groups excluding carboxylic acids is 1. The minimum absolute atomic E-state index is 0.181. The maximum atomic E-state index is 12.8. The Bertz CT molecular complexity index is 799. The van der Waals surface area contributed by atoms with E-state index in [1.165, 1.54) is 4.90 Å². The number of hydrogen-bond acceptors (Lipinski definition) is 4. The molecule has 2 heterocycles. The van der Waals surface area contributed by atoms with E-state index in [2.05, 4.69) is 16.3 Å². The number of anilines is 1. The monoisotopic (exact) mass is 413 g/mol. The number of ether oxygens (including phenoxy) is 1. The van der Waals surface area contributed by atoms with E-state index >= 15 is 0 Å². The fraction of sp³-hybridized carbons (Fsp3) is 0.579. The van der Waals surface area contributed by atoms with Gasteiger partial charge in [0, 0.05) is 5.56 Å². The highest BCUT2D eigenvalue weighted by Crippen LogP contribution is 2.44. The van der Waals surface area contributed by atoms with Gasteiger partial charge in [-0.2, -0.15) is 0 Å². The van der Waals surface area contributed by atoms with E-state index in [1.54, 1.807) is 26.8 Å². The molecule has 6 nitrogen and oxygen atoms in total. The van der Waals surface area contributed by atoms with Gasteiger partial charge in [0.25, 0.3) is 0 Å². The molecule has 0 radical (unpaired) electrons. The minimum atomic E-state index is -1.35. The smallest absolute Gasteiger partial charge is 0.414 e. The highest BCUT2D eigenvalue weighted by atomic mass is 35.5. The summed E-state index contributed by atoms with van der Waals surface area (Å²) in [5, 5.41) is 0.181. The lowest BCUT2D eigenvalue weighted by Crippen LogP contribution is -2.49. The lowest BCUT2D eigenvalue weighted by atomic mass is 9.96. The Balaban J connectivity index is 2.55. The first-order chi connectivity index (χ1) is 12.2. The van der Waals surface area contributed by atoms with Crippen molar-refractivity contribution in [1.29, 1.82) is 0 Å². The molecule has 1 unspecified atom stereocenters. The van der Waals surface area contributed by atoms with Gasteiger partial charge in [-0.25, -0.2) is 18.7 Å². The van der Waals surface area contributed by atoms with Crippen LogP contribution in [0.2, 0.25) is 5.15 Å². The molecule has 0 bridgehead atoms. The first-order valence-electron chi connectivity index (χ1n) is 8.71. The first-order valence-corrected chi connectivity index (χ1v) is 10.2. The van der Waals surface area contributed by atoms with Gasteiger partial charge in [0.15, 0.2) is 5.15 Å². The largest absolute Gasteiger partial charge is 0.443 e. The third-order valence-electron chi connectivity index (χ3n) is 4.01. The Hall–Kier alpha value is -1.44. The molecule has 8 heteroatoms. The van der Waals surface area contributed by atoms with Crippen molar-refractivity contribution in [2.75, 3.05) is 11.4 Å². The van der Waals surface area contributed by atoms with E-state index in [4.69, 9.17) is 16.3 Å². The number of amides is 1. The van der Waals surface area contributed by atoms with E-state index in [9.17, 15) is 9.00 Å². The van der Waals surface area contributed by atoms with E-state index in [-0.39, 0.29) is 11.7 Å². The molecular formula is C19H28ClN3O3S. The SMILES string of the molecule is C=Cc1cc2c(c(Cl)n1)N(C(=O)OC(C)(C)C)C[C@@]2(C)NS(=O)C(C)(C)C. The number of fused-ring (bicyclic) bond motifs is 1. The summed E-state index contributed by atoms with van der Waals surface area (Å²) < 4.78 is 21.0. The van der Waals surface area contributed by atoms with Crippen LogP contribution in [-0.4, -0.2) is 32.2 Å². The molecule has 0 aromatic carbocycles. The fourth-order valence-electron chi connectivity index (χ4n) is 2.71. The molecule has 1 aromatic rings. The highest BCUT2D eigenvalue weighted by Gasteiger charge is 2.46. The van der Waals surface area contributed by atoms with Crippen molar-refractivity contribution in [1.82, 2.24) is 9.71 Å². The molecule has 150 valence electrons. The summed E-state index contributed by atoms with van der Waals surface area (Å²) in [5.74, 6) is 0. The number of rotatable bonds is 3. The Morgan fingerprint density at radius 1 is 1.41 bits per heavy atom. The first kappa shape index (κ1) is 21.9. The summed E-state index contributed by atoms with van der Waals surface area (Å²) in [4.78, 5) is 18.5. The summed E-state index contributed by atoms with van der Waals surface area (Å²) in [7, 11) is -1.35. The molecule has 0 saturated carbocycles. The van der Waals surface area contributed by atoms with Crippen LogP contribution in [0, 0.1) is 0 Å². The molecule has 2 rings (SSSR count). The van der Waals surface area contributed by atoms with Crippen LogP contribution in [0.4, 0.5) is 10.5 Å². The van der Waals surface area contributed by atoms with Gasteiger partial charge >= 0.3 is 6.09 Å². The van der Waals surface area contributed by atoms with Crippen LogP contribution < -0.4 is 9.62 Å². The zero-order chi connectivity index (χ0) is 20.8.